The van der Waals surface area contributed by atoms with Crippen molar-refractivity contribution in [2.75, 3.05) is 13.6 Å². The fraction of sp³-hybridized carbons (Fsp3) is 0.235. The zero-order valence-electron chi connectivity index (χ0n) is 13.0. The van der Waals surface area contributed by atoms with Crippen molar-refractivity contribution in [1.82, 2.24) is 10.6 Å². The van der Waals surface area contributed by atoms with E-state index in [2.05, 4.69) is 10.6 Å². The standard InChI is InChI=1S/C17H17Cl3N2OS/c1-21-17(24)22-9-16(14-7-6-13(19)8-15(14)20)23-10-11-2-4-12(18)5-3-11/h2-8,16H,9-10H2,1H3,(H2,21,22,24). The maximum absolute atomic E-state index is 6.32. The van der Waals surface area contributed by atoms with Gasteiger partial charge in [0.2, 0.25) is 0 Å². The SMILES string of the molecule is CNC(=S)NCC(OCc1ccc(Cl)cc1)c1ccc(Cl)cc1Cl. The van der Waals surface area contributed by atoms with Crippen LogP contribution >= 0.6 is 47.0 Å². The first kappa shape index (κ1) is 19.3. The molecule has 0 aromatic heterocycles. The van der Waals surface area contributed by atoms with E-state index >= 15 is 0 Å². The summed E-state index contributed by atoms with van der Waals surface area (Å²) in [4.78, 5) is 0. The summed E-state index contributed by atoms with van der Waals surface area (Å²) >= 11 is 23.3. The van der Waals surface area contributed by atoms with Gasteiger partial charge in [-0.05, 0) is 42.0 Å². The van der Waals surface area contributed by atoms with Gasteiger partial charge in [0, 0.05) is 34.2 Å². The Labute approximate surface area is 162 Å². The molecule has 7 heteroatoms. The van der Waals surface area contributed by atoms with Crippen LogP contribution in [0.15, 0.2) is 42.5 Å². The average molecular weight is 404 g/mol. The molecule has 0 radical (unpaired) electrons. The van der Waals surface area contributed by atoms with E-state index in [4.69, 9.17) is 51.8 Å². The van der Waals surface area contributed by atoms with Crippen LogP contribution in [0.2, 0.25) is 15.1 Å². The number of benzene rings is 2. The molecule has 2 aromatic carbocycles. The van der Waals surface area contributed by atoms with E-state index in [9.17, 15) is 0 Å². The Kier molecular flexibility index (Phi) is 7.59. The molecule has 0 aliphatic carbocycles. The molecule has 0 amide bonds. The molecule has 24 heavy (non-hydrogen) atoms. The molecule has 0 saturated carbocycles. The first-order valence-corrected chi connectivity index (χ1v) is 8.80. The number of rotatable bonds is 6. The predicted molar refractivity (Wildman–Crippen MR) is 105 cm³/mol. The van der Waals surface area contributed by atoms with Crippen LogP contribution in [-0.4, -0.2) is 18.7 Å². The van der Waals surface area contributed by atoms with Crippen LogP contribution in [0.25, 0.3) is 0 Å². The van der Waals surface area contributed by atoms with E-state index in [1.54, 1.807) is 19.2 Å². The van der Waals surface area contributed by atoms with Gasteiger partial charge in [-0.1, -0.05) is 53.0 Å². The Bertz CT molecular complexity index is 695. The molecule has 3 nitrogen and oxygen atoms in total. The molecule has 2 aromatic rings. The van der Waals surface area contributed by atoms with Crippen LogP contribution in [0, 0.1) is 0 Å². The molecule has 0 fully saturated rings. The molecule has 1 unspecified atom stereocenters. The van der Waals surface area contributed by atoms with Gasteiger partial charge >= 0.3 is 0 Å². The summed E-state index contributed by atoms with van der Waals surface area (Å²) in [6, 6.07) is 12.9. The second-order valence-corrected chi connectivity index (χ2v) is 6.74. The third kappa shape index (κ3) is 5.80. The van der Waals surface area contributed by atoms with Crippen molar-refractivity contribution in [2.24, 2.45) is 0 Å². The monoisotopic (exact) mass is 402 g/mol. The lowest BCUT2D eigenvalue weighted by Gasteiger charge is -2.21. The average Bonchev–Trinajstić information content (AvgIpc) is 2.57. The van der Waals surface area contributed by atoms with Crippen LogP contribution in [0.5, 0.6) is 0 Å². The second-order valence-electron chi connectivity index (χ2n) is 5.05. The molecule has 1 atom stereocenters. The summed E-state index contributed by atoms with van der Waals surface area (Å²) in [7, 11) is 1.76. The summed E-state index contributed by atoms with van der Waals surface area (Å²) in [6.45, 7) is 0.906. The van der Waals surface area contributed by atoms with E-state index in [1.165, 1.54) is 0 Å². The number of hydrogen-bond acceptors (Lipinski definition) is 2. The minimum atomic E-state index is -0.281. The molecule has 0 spiro atoms. The fourth-order valence-electron chi connectivity index (χ4n) is 2.07. The van der Waals surface area contributed by atoms with Crippen molar-refractivity contribution in [3.8, 4) is 0 Å². The van der Waals surface area contributed by atoms with Crippen LogP contribution in [-0.2, 0) is 11.3 Å². The molecule has 128 valence electrons. The topological polar surface area (TPSA) is 33.3 Å². The zero-order chi connectivity index (χ0) is 17.5. The van der Waals surface area contributed by atoms with Crippen molar-refractivity contribution in [1.29, 1.82) is 0 Å². The summed E-state index contributed by atoms with van der Waals surface area (Å²) in [5, 5.41) is 8.34. The highest BCUT2D eigenvalue weighted by Crippen LogP contribution is 2.29. The van der Waals surface area contributed by atoms with Crippen LogP contribution in [0.3, 0.4) is 0 Å². The number of hydrogen-bond donors (Lipinski definition) is 2. The first-order chi connectivity index (χ1) is 11.5. The van der Waals surface area contributed by atoms with E-state index in [-0.39, 0.29) is 6.10 Å². The van der Waals surface area contributed by atoms with Gasteiger partial charge in [0.05, 0.1) is 6.61 Å². The first-order valence-electron chi connectivity index (χ1n) is 7.26. The van der Waals surface area contributed by atoms with Crippen LogP contribution in [0.4, 0.5) is 0 Å². The van der Waals surface area contributed by atoms with Crippen LogP contribution in [0.1, 0.15) is 17.2 Å². The van der Waals surface area contributed by atoms with E-state index in [1.807, 2.05) is 30.3 Å². The Hall–Kier alpha value is -1.04. The summed E-state index contributed by atoms with van der Waals surface area (Å²) < 4.78 is 6.05. The van der Waals surface area contributed by atoms with E-state index < -0.39 is 0 Å². The van der Waals surface area contributed by atoms with Gasteiger partial charge in [0.15, 0.2) is 5.11 Å². The smallest absolute Gasteiger partial charge is 0.166 e. The molecular formula is C17H17Cl3N2OS. The highest BCUT2D eigenvalue weighted by molar-refractivity contribution is 7.80. The molecule has 0 aliphatic heterocycles. The molecule has 2 N–H and O–H groups in total. The van der Waals surface area contributed by atoms with Crippen molar-refractivity contribution >= 4 is 52.1 Å². The molecule has 0 heterocycles. The highest BCUT2D eigenvalue weighted by Gasteiger charge is 2.16. The van der Waals surface area contributed by atoms with E-state index in [0.717, 1.165) is 11.1 Å². The van der Waals surface area contributed by atoms with Gasteiger partial charge < -0.3 is 15.4 Å². The van der Waals surface area contributed by atoms with Gasteiger partial charge in [0.25, 0.3) is 0 Å². The number of thiocarbonyl (C=S) groups is 1. The van der Waals surface area contributed by atoms with Crippen molar-refractivity contribution in [3.63, 3.8) is 0 Å². The maximum atomic E-state index is 6.32. The maximum Gasteiger partial charge on any atom is 0.166 e. The van der Waals surface area contributed by atoms with Gasteiger partial charge in [-0.3, -0.25) is 0 Å². The Morgan fingerprint density at radius 1 is 1.08 bits per heavy atom. The predicted octanol–water partition coefficient (Wildman–Crippen LogP) is 5.00. The lowest BCUT2D eigenvalue weighted by molar-refractivity contribution is 0.0428. The minimum absolute atomic E-state index is 0.281. The van der Waals surface area contributed by atoms with Gasteiger partial charge in [-0.25, -0.2) is 0 Å². The van der Waals surface area contributed by atoms with Gasteiger partial charge in [-0.2, -0.15) is 0 Å². The zero-order valence-corrected chi connectivity index (χ0v) is 16.1. The Morgan fingerprint density at radius 2 is 1.75 bits per heavy atom. The van der Waals surface area contributed by atoms with E-state index in [0.29, 0.717) is 33.3 Å². The lowest BCUT2D eigenvalue weighted by atomic mass is 10.1. The number of nitrogens with one attached hydrogen (secondary N) is 2. The third-order valence-electron chi connectivity index (χ3n) is 3.35. The van der Waals surface area contributed by atoms with Crippen molar-refractivity contribution in [3.05, 3.63) is 68.7 Å². The van der Waals surface area contributed by atoms with Gasteiger partial charge in [0.1, 0.15) is 6.10 Å². The fourth-order valence-corrected chi connectivity index (χ4v) is 2.81. The summed E-state index contributed by atoms with van der Waals surface area (Å²) in [5.74, 6) is 0. The Balaban J connectivity index is 2.12. The van der Waals surface area contributed by atoms with Crippen molar-refractivity contribution in [2.45, 2.75) is 12.7 Å². The molecule has 2 rings (SSSR count). The quantitative estimate of drug-likeness (QED) is 0.665. The highest BCUT2D eigenvalue weighted by atomic mass is 35.5. The minimum Gasteiger partial charge on any atom is -0.367 e. The second kappa shape index (κ2) is 9.44. The Morgan fingerprint density at radius 3 is 2.38 bits per heavy atom. The molecular weight excluding hydrogens is 387 g/mol. The summed E-state index contributed by atoms with van der Waals surface area (Å²) in [5.41, 5.74) is 1.87. The lowest BCUT2D eigenvalue weighted by Crippen LogP contribution is -2.36. The largest absolute Gasteiger partial charge is 0.367 e. The molecule has 0 aliphatic rings. The molecule has 0 bridgehead atoms. The van der Waals surface area contributed by atoms with Crippen molar-refractivity contribution < 1.29 is 4.74 Å². The number of halogens is 3. The third-order valence-corrected chi connectivity index (χ3v) is 4.51. The molecule has 0 saturated heterocycles. The van der Waals surface area contributed by atoms with Crippen LogP contribution < -0.4 is 10.6 Å². The normalized spacial score (nSPS) is 11.8. The van der Waals surface area contributed by atoms with Gasteiger partial charge in [-0.15, -0.1) is 0 Å². The summed E-state index contributed by atoms with van der Waals surface area (Å²) in [6.07, 6.45) is -0.281. The number of ether oxygens (including phenoxy) is 1.